The van der Waals surface area contributed by atoms with Crippen molar-refractivity contribution in [1.29, 1.82) is 0 Å². The fourth-order valence-electron chi connectivity index (χ4n) is 2.43. The molecule has 1 aromatic carbocycles. The molecule has 0 spiro atoms. The fourth-order valence-corrected chi connectivity index (χ4v) is 2.43. The van der Waals surface area contributed by atoms with E-state index in [9.17, 15) is 15.2 Å². The molecule has 2 fully saturated rings. The minimum Gasteiger partial charge on any atom is -0.393 e. The molecule has 2 aliphatic carbocycles. The number of nitrogens with one attached hydrogen (secondary N) is 1. The van der Waals surface area contributed by atoms with E-state index in [2.05, 4.69) is 10.5 Å². The number of nitro groups is 1. The first kappa shape index (κ1) is 15.7. The van der Waals surface area contributed by atoms with E-state index in [0.29, 0.717) is 18.4 Å². The Morgan fingerprint density at radius 2 is 1.91 bits per heavy atom. The standard InChI is InChI=1S/C16H21N3O4/c20-15(9-17-13-5-7-14(8-6-13)19(21)22)10-23-18-16(11-1-2-11)12-3-4-12/h5-8,11-12,15,17,20H,1-4,9-10H2. The number of oxime groups is 1. The van der Waals surface area contributed by atoms with Crippen molar-refractivity contribution in [3.63, 3.8) is 0 Å². The Kier molecular flexibility index (Phi) is 4.76. The molecule has 7 nitrogen and oxygen atoms in total. The van der Waals surface area contributed by atoms with Crippen LogP contribution in [-0.4, -0.2) is 35.0 Å². The van der Waals surface area contributed by atoms with Crippen LogP contribution in [0.15, 0.2) is 29.4 Å². The molecule has 2 N–H and O–H groups in total. The highest BCUT2D eigenvalue weighted by Crippen LogP contribution is 2.42. The predicted molar refractivity (Wildman–Crippen MR) is 86.4 cm³/mol. The van der Waals surface area contributed by atoms with E-state index in [-0.39, 0.29) is 12.3 Å². The van der Waals surface area contributed by atoms with Crippen molar-refractivity contribution in [2.75, 3.05) is 18.5 Å². The van der Waals surface area contributed by atoms with Crippen LogP contribution in [-0.2, 0) is 4.84 Å². The summed E-state index contributed by atoms with van der Waals surface area (Å²) in [6, 6.07) is 6.07. The van der Waals surface area contributed by atoms with Gasteiger partial charge in [-0.05, 0) is 37.8 Å². The Balaban J connectivity index is 1.39. The number of hydrogen-bond acceptors (Lipinski definition) is 6. The van der Waals surface area contributed by atoms with Gasteiger partial charge in [-0.3, -0.25) is 10.1 Å². The summed E-state index contributed by atoms with van der Waals surface area (Å²) in [5, 5.41) is 27.7. The predicted octanol–water partition coefficient (Wildman–Crippen LogP) is 2.56. The van der Waals surface area contributed by atoms with Gasteiger partial charge < -0.3 is 15.3 Å². The van der Waals surface area contributed by atoms with Crippen molar-refractivity contribution in [3.05, 3.63) is 34.4 Å². The first-order valence-corrected chi connectivity index (χ1v) is 7.99. The number of nitro benzene ring substituents is 1. The Labute approximate surface area is 134 Å². The molecule has 0 amide bonds. The van der Waals surface area contributed by atoms with Gasteiger partial charge in [0.05, 0.1) is 10.6 Å². The maximum Gasteiger partial charge on any atom is 0.269 e. The maximum absolute atomic E-state index is 10.6. The van der Waals surface area contributed by atoms with E-state index in [0.717, 1.165) is 5.69 Å². The van der Waals surface area contributed by atoms with E-state index in [1.807, 2.05) is 0 Å². The van der Waals surface area contributed by atoms with Gasteiger partial charge in [0.25, 0.3) is 5.69 Å². The summed E-state index contributed by atoms with van der Waals surface area (Å²) in [4.78, 5) is 15.4. The summed E-state index contributed by atoms with van der Waals surface area (Å²) < 4.78 is 0. The number of hydrogen-bond donors (Lipinski definition) is 2. The van der Waals surface area contributed by atoms with Crippen LogP contribution in [0.5, 0.6) is 0 Å². The number of benzene rings is 1. The molecular formula is C16H21N3O4. The number of aliphatic hydroxyl groups excluding tert-OH is 1. The van der Waals surface area contributed by atoms with Gasteiger partial charge in [-0.1, -0.05) is 5.16 Å². The lowest BCUT2D eigenvalue weighted by atomic mass is 10.2. The average molecular weight is 319 g/mol. The molecule has 0 saturated heterocycles. The smallest absolute Gasteiger partial charge is 0.269 e. The Bertz CT molecular complexity index is 565. The molecule has 1 unspecified atom stereocenters. The monoisotopic (exact) mass is 319 g/mol. The SMILES string of the molecule is O=[N+]([O-])c1ccc(NCC(O)CON=C(C2CC2)C2CC2)cc1. The largest absolute Gasteiger partial charge is 0.393 e. The van der Waals surface area contributed by atoms with Gasteiger partial charge in [-0.15, -0.1) is 0 Å². The van der Waals surface area contributed by atoms with Gasteiger partial charge in [0, 0.05) is 36.2 Å². The summed E-state index contributed by atoms with van der Waals surface area (Å²) in [6.45, 7) is 0.443. The summed E-state index contributed by atoms with van der Waals surface area (Å²) in [5.74, 6) is 1.22. The highest BCUT2D eigenvalue weighted by atomic mass is 16.6. The third-order valence-electron chi connectivity index (χ3n) is 4.05. The Morgan fingerprint density at radius 3 is 2.43 bits per heavy atom. The second-order valence-corrected chi connectivity index (χ2v) is 6.20. The third-order valence-corrected chi connectivity index (χ3v) is 4.05. The lowest BCUT2D eigenvalue weighted by Gasteiger charge is -2.12. The maximum atomic E-state index is 10.6. The zero-order chi connectivity index (χ0) is 16.2. The number of aliphatic hydroxyl groups is 1. The Morgan fingerprint density at radius 1 is 1.30 bits per heavy atom. The van der Waals surface area contributed by atoms with E-state index >= 15 is 0 Å². The van der Waals surface area contributed by atoms with Crippen LogP contribution >= 0.6 is 0 Å². The fraction of sp³-hybridized carbons (Fsp3) is 0.562. The van der Waals surface area contributed by atoms with Crippen molar-refractivity contribution in [2.24, 2.45) is 17.0 Å². The third kappa shape index (κ3) is 4.66. The van der Waals surface area contributed by atoms with Crippen molar-refractivity contribution in [1.82, 2.24) is 0 Å². The van der Waals surface area contributed by atoms with Gasteiger partial charge in [0.2, 0.25) is 0 Å². The molecule has 0 heterocycles. The molecule has 0 radical (unpaired) electrons. The van der Waals surface area contributed by atoms with Crippen LogP contribution in [0.3, 0.4) is 0 Å². The Hall–Kier alpha value is -2.15. The first-order valence-electron chi connectivity index (χ1n) is 7.99. The van der Waals surface area contributed by atoms with Gasteiger partial charge >= 0.3 is 0 Å². The summed E-state index contributed by atoms with van der Waals surface area (Å²) in [7, 11) is 0. The van der Waals surface area contributed by atoms with Crippen LogP contribution in [0.1, 0.15) is 25.7 Å². The van der Waals surface area contributed by atoms with Gasteiger partial charge in [0.15, 0.2) is 0 Å². The zero-order valence-electron chi connectivity index (χ0n) is 12.9. The molecule has 1 aromatic rings. The zero-order valence-corrected chi connectivity index (χ0v) is 12.9. The van der Waals surface area contributed by atoms with Crippen LogP contribution in [0.4, 0.5) is 11.4 Å². The normalized spacial score (nSPS) is 18.1. The molecule has 7 heteroatoms. The van der Waals surface area contributed by atoms with E-state index in [4.69, 9.17) is 4.84 Å². The van der Waals surface area contributed by atoms with Gasteiger partial charge in [-0.2, -0.15) is 0 Å². The summed E-state index contributed by atoms with van der Waals surface area (Å²) in [5.41, 5.74) is 1.94. The van der Waals surface area contributed by atoms with E-state index < -0.39 is 11.0 Å². The quantitative estimate of drug-likeness (QED) is 0.414. The molecule has 0 bridgehead atoms. The molecule has 0 aliphatic heterocycles. The molecule has 2 aliphatic rings. The van der Waals surface area contributed by atoms with Gasteiger partial charge in [-0.25, -0.2) is 0 Å². The lowest BCUT2D eigenvalue weighted by Crippen LogP contribution is -2.24. The number of anilines is 1. The minimum absolute atomic E-state index is 0.0430. The van der Waals surface area contributed by atoms with Crippen LogP contribution in [0.25, 0.3) is 0 Å². The topological polar surface area (TPSA) is 97.0 Å². The molecule has 2 saturated carbocycles. The lowest BCUT2D eigenvalue weighted by molar-refractivity contribution is -0.384. The van der Waals surface area contributed by atoms with Crippen molar-refractivity contribution >= 4 is 17.1 Å². The molecule has 3 rings (SSSR count). The highest BCUT2D eigenvalue weighted by Gasteiger charge is 2.38. The van der Waals surface area contributed by atoms with E-state index in [1.165, 1.54) is 43.5 Å². The molecule has 124 valence electrons. The average Bonchev–Trinajstić information content (AvgIpc) is 3.43. The number of non-ortho nitro benzene ring substituents is 1. The second-order valence-electron chi connectivity index (χ2n) is 6.20. The van der Waals surface area contributed by atoms with Crippen molar-refractivity contribution in [3.8, 4) is 0 Å². The van der Waals surface area contributed by atoms with Crippen molar-refractivity contribution in [2.45, 2.75) is 31.8 Å². The van der Waals surface area contributed by atoms with Crippen LogP contribution in [0, 0.1) is 22.0 Å². The molecule has 1 atom stereocenters. The van der Waals surface area contributed by atoms with Crippen LogP contribution < -0.4 is 5.32 Å². The number of nitrogens with zero attached hydrogens (tertiary/aromatic N) is 2. The van der Waals surface area contributed by atoms with Crippen molar-refractivity contribution < 1.29 is 14.9 Å². The summed E-state index contributed by atoms with van der Waals surface area (Å²) >= 11 is 0. The first-order chi connectivity index (χ1) is 11.1. The highest BCUT2D eigenvalue weighted by molar-refractivity contribution is 5.92. The number of rotatable bonds is 9. The minimum atomic E-state index is -0.686. The van der Waals surface area contributed by atoms with E-state index in [1.54, 1.807) is 12.1 Å². The summed E-state index contributed by atoms with van der Waals surface area (Å²) in [6.07, 6.45) is 4.16. The molecule has 0 aromatic heterocycles. The molecular weight excluding hydrogens is 298 g/mol. The van der Waals surface area contributed by atoms with Crippen LogP contribution in [0.2, 0.25) is 0 Å². The second kappa shape index (κ2) is 6.95. The molecule has 23 heavy (non-hydrogen) atoms. The van der Waals surface area contributed by atoms with Gasteiger partial charge in [0.1, 0.15) is 12.7 Å².